The Labute approximate surface area is 126 Å². The number of nitrogens with zero attached hydrogens (tertiary/aromatic N) is 2. The molecule has 20 heavy (non-hydrogen) atoms. The average molecular weight is 301 g/mol. The standard InChI is InChI=1S/C15H15N3S2/c1-3-12(9-16-6-1)10-17-7-5-15-18-13(11-20-15)14-4-2-8-19-14/h1-4,6,8-9,11,17H,5,7,10H2. The molecule has 0 aliphatic heterocycles. The number of nitrogens with one attached hydrogen (secondary N) is 1. The summed E-state index contributed by atoms with van der Waals surface area (Å²) in [7, 11) is 0. The normalized spacial score (nSPS) is 10.8. The van der Waals surface area contributed by atoms with Crippen molar-refractivity contribution in [2.24, 2.45) is 0 Å². The van der Waals surface area contributed by atoms with Gasteiger partial charge in [-0.25, -0.2) is 4.98 Å². The molecule has 3 heterocycles. The van der Waals surface area contributed by atoms with Gasteiger partial charge in [0.25, 0.3) is 0 Å². The SMILES string of the molecule is c1cncc(CNCCc2nc(-c3cccs3)cs2)c1. The highest BCUT2D eigenvalue weighted by molar-refractivity contribution is 7.14. The molecule has 3 aromatic rings. The molecule has 3 aromatic heterocycles. The molecular weight excluding hydrogens is 286 g/mol. The van der Waals surface area contributed by atoms with E-state index in [4.69, 9.17) is 0 Å². The van der Waals surface area contributed by atoms with Crippen LogP contribution in [0.5, 0.6) is 0 Å². The van der Waals surface area contributed by atoms with Gasteiger partial charge in [-0.1, -0.05) is 12.1 Å². The summed E-state index contributed by atoms with van der Waals surface area (Å²) in [5, 5.41) is 8.84. The third-order valence-corrected chi connectivity index (χ3v) is 4.69. The zero-order valence-electron chi connectivity index (χ0n) is 11.0. The lowest BCUT2D eigenvalue weighted by Gasteiger charge is -2.02. The van der Waals surface area contributed by atoms with Crippen LogP contribution in [0.4, 0.5) is 0 Å². The maximum Gasteiger partial charge on any atom is 0.0945 e. The second kappa shape index (κ2) is 6.74. The van der Waals surface area contributed by atoms with Gasteiger partial charge in [0, 0.05) is 37.3 Å². The van der Waals surface area contributed by atoms with Crippen molar-refractivity contribution >= 4 is 22.7 Å². The topological polar surface area (TPSA) is 37.8 Å². The molecule has 0 saturated heterocycles. The summed E-state index contributed by atoms with van der Waals surface area (Å²) < 4.78 is 0. The van der Waals surface area contributed by atoms with Gasteiger partial charge < -0.3 is 5.32 Å². The van der Waals surface area contributed by atoms with Gasteiger partial charge in [0.2, 0.25) is 0 Å². The lowest BCUT2D eigenvalue weighted by Crippen LogP contribution is -2.16. The number of thiazole rings is 1. The Morgan fingerprint density at radius 2 is 2.15 bits per heavy atom. The van der Waals surface area contributed by atoms with Gasteiger partial charge in [-0.15, -0.1) is 22.7 Å². The highest BCUT2D eigenvalue weighted by Gasteiger charge is 2.04. The Morgan fingerprint density at radius 1 is 1.15 bits per heavy atom. The van der Waals surface area contributed by atoms with E-state index in [1.54, 1.807) is 28.9 Å². The summed E-state index contributed by atoms with van der Waals surface area (Å²) >= 11 is 3.47. The number of hydrogen-bond donors (Lipinski definition) is 1. The number of rotatable bonds is 6. The highest BCUT2D eigenvalue weighted by atomic mass is 32.1. The van der Waals surface area contributed by atoms with E-state index in [1.165, 1.54) is 15.4 Å². The minimum absolute atomic E-state index is 0.858. The second-order valence-corrected chi connectivity index (χ2v) is 6.28. The Kier molecular flexibility index (Phi) is 4.53. The molecule has 3 rings (SSSR count). The van der Waals surface area contributed by atoms with E-state index in [9.17, 15) is 0 Å². The van der Waals surface area contributed by atoms with E-state index < -0.39 is 0 Å². The van der Waals surface area contributed by atoms with E-state index in [-0.39, 0.29) is 0 Å². The molecule has 0 atom stereocenters. The van der Waals surface area contributed by atoms with Crippen molar-refractivity contribution in [2.45, 2.75) is 13.0 Å². The van der Waals surface area contributed by atoms with Crippen LogP contribution in [-0.2, 0) is 13.0 Å². The Balaban J connectivity index is 1.47. The fraction of sp³-hybridized carbons (Fsp3) is 0.200. The van der Waals surface area contributed by atoms with Crippen molar-refractivity contribution in [3.05, 3.63) is 58.0 Å². The quantitative estimate of drug-likeness (QED) is 0.707. The predicted octanol–water partition coefficient (Wildman–Crippen LogP) is 3.60. The molecule has 0 spiro atoms. The van der Waals surface area contributed by atoms with Crippen LogP contribution in [-0.4, -0.2) is 16.5 Å². The molecule has 102 valence electrons. The van der Waals surface area contributed by atoms with Gasteiger partial charge in [0.05, 0.1) is 15.6 Å². The van der Waals surface area contributed by atoms with E-state index in [0.717, 1.165) is 25.2 Å². The summed E-state index contributed by atoms with van der Waals surface area (Å²) in [6.07, 6.45) is 4.66. The zero-order chi connectivity index (χ0) is 13.6. The summed E-state index contributed by atoms with van der Waals surface area (Å²) in [5.74, 6) is 0. The van der Waals surface area contributed by atoms with Crippen molar-refractivity contribution in [1.29, 1.82) is 0 Å². The smallest absolute Gasteiger partial charge is 0.0945 e. The zero-order valence-corrected chi connectivity index (χ0v) is 12.6. The van der Waals surface area contributed by atoms with Gasteiger partial charge in [-0.3, -0.25) is 4.98 Å². The van der Waals surface area contributed by atoms with Gasteiger partial charge >= 0.3 is 0 Å². The van der Waals surface area contributed by atoms with E-state index >= 15 is 0 Å². The molecular formula is C15H15N3S2. The molecule has 0 aliphatic rings. The minimum atomic E-state index is 0.858. The predicted molar refractivity (Wildman–Crippen MR) is 85.1 cm³/mol. The van der Waals surface area contributed by atoms with E-state index in [0.29, 0.717) is 0 Å². The van der Waals surface area contributed by atoms with Gasteiger partial charge in [-0.05, 0) is 23.1 Å². The number of pyridine rings is 1. The number of hydrogen-bond acceptors (Lipinski definition) is 5. The first-order chi connectivity index (χ1) is 9.92. The van der Waals surface area contributed by atoms with Crippen LogP contribution in [0.3, 0.4) is 0 Å². The fourth-order valence-electron chi connectivity index (χ4n) is 1.89. The first-order valence-electron chi connectivity index (χ1n) is 6.50. The van der Waals surface area contributed by atoms with Crippen molar-refractivity contribution in [3.63, 3.8) is 0 Å². The maximum absolute atomic E-state index is 4.67. The number of aromatic nitrogens is 2. The van der Waals surface area contributed by atoms with Gasteiger partial charge in [-0.2, -0.15) is 0 Å². The Morgan fingerprint density at radius 3 is 2.95 bits per heavy atom. The molecule has 5 heteroatoms. The molecule has 0 unspecified atom stereocenters. The van der Waals surface area contributed by atoms with E-state index in [1.807, 2.05) is 12.3 Å². The van der Waals surface area contributed by atoms with Gasteiger partial charge in [0.1, 0.15) is 0 Å². The van der Waals surface area contributed by atoms with Crippen LogP contribution < -0.4 is 5.32 Å². The maximum atomic E-state index is 4.67. The molecule has 0 aliphatic carbocycles. The van der Waals surface area contributed by atoms with Crippen molar-refractivity contribution < 1.29 is 0 Å². The molecule has 0 radical (unpaired) electrons. The Hall–Kier alpha value is -1.56. The lowest BCUT2D eigenvalue weighted by atomic mass is 10.3. The van der Waals surface area contributed by atoms with Crippen LogP contribution in [0.2, 0.25) is 0 Å². The first-order valence-corrected chi connectivity index (χ1v) is 8.25. The molecule has 1 N–H and O–H groups in total. The van der Waals surface area contributed by atoms with Crippen LogP contribution in [0.1, 0.15) is 10.6 Å². The minimum Gasteiger partial charge on any atom is -0.312 e. The van der Waals surface area contributed by atoms with Crippen LogP contribution in [0.15, 0.2) is 47.4 Å². The largest absolute Gasteiger partial charge is 0.312 e. The molecule has 0 aromatic carbocycles. The third kappa shape index (κ3) is 3.50. The first kappa shape index (κ1) is 13.4. The highest BCUT2D eigenvalue weighted by Crippen LogP contribution is 2.26. The monoisotopic (exact) mass is 301 g/mol. The van der Waals surface area contributed by atoms with Gasteiger partial charge in [0.15, 0.2) is 0 Å². The second-order valence-electron chi connectivity index (χ2n) is 4.39. The summed E-state index contributed by atoms with van der Waals surface area (Å²) in [6.45, 7) is 1.79. The van der Waals surface area contributed by atoms with Crippen molar-refractivity contribution in [1.82, 2.24) is 15.3 Å². The van der Waals surface area contributed by atoms with E-state index in [2.05, 4.69) is 44.2 Å². The average Bonchev–Trinajstić information content (AvgIpc) is 3.15. The summed E-state index contributed by atoms with van der Waals surface area (Å²) in [5.41, 5.74) is 2.32. The van der Waals surface area contributed by atoms with Crippen molar-refractivity contribution in [2.75, 3.05) is 6.54 Å². The Bertz CT molecular complexity index is 632. The summed E-state index contributed by atoms with van der Waals surface area (Å²) in [4.78, 5) is 10.0. The number of thiophene rings is 1. The van der Waals surface area contributed by atoms with Crippen LogP contribution >= 0.6 is 22.7 Å². The third-order valence-electron chi connectivity index (χ3n) is 2.89. The lowest BCUT2D eigenvalue weighted by molar-refractivity contribution is 0.684. The molecule has 3 nitrogen and oxygen atoms in total. The molecule has 0 amide bonds. The molecule has 0 saturated carbocycles. The summed E-state index contributed by atoms with van der Waals surface area (Å²) in [6, 6.07) is 8.22. The van der Waals surface area contributed by atoms with Crippen LogP contribution in [0, 0.1) is 0 Å². The molecule has 0 fully saturated rings. The molecule has 0 bridgehead atoms. The van der Waals surface area contributed by atoms with Crippen molar-refractivity contribution in [3.8, 4) is 10.6 Å². The fourth-order valence-corrected chi connectivity index (χ4v) is 3.45. The van der Waals surface area contributed by atoms with Crippen LogP contribution in [0.25, 0.3) is 10.6 Å².